The van der Waals surface area contributed by atoms with E-state index in [2.05, 4.69) is 19.9 Å². The number of carbonyl (C=O) groups excluding carboxylic acids is 1. The van der Waals surface area contributed by atoms with Crippen LogP contribution < -0.4 is 5.73 Å². The number of rotatable bonds is 5. The van der Waals surface area contributed by atoms with Gasteiger partial charge in [0.2, 0.25) is 0 Å². The number of amides is 1. The van der Waals surface area contributed by atoms with Gasteiger partial charge in [0.1, 0.15) is 11.5 Å². The summed E-state index contributed by atoms with van der Waals surface area (Å²) in [6.07, 6.45) is 3.54. The van der Waals surface area contributed by atoms with Crippen LogP contribution in [0.1, 0.15) is 40.7 Å². The summed E-state index contributed by atoms with van der Waals surface area (Å²) >= 11 is 0. The van der Waals surface area contributed by atoms with Gasteiger partial charge in [-0.2, -0.15) is 0 Å². The van der Waals surface area contributed by atoms with Gasteiger partial charge in [-0.3, -0.25) is 14.8 Å². The third-order valence-corrected chi connectivity index (χ3v) is 7.42. The van der Waals surface area contributed by atoms with E-state index in [4.69, 9.17) is 15.2 Å². The monoisotopic (exact) mass is 536 g/mol. The second-order valence-corrected chi connectivity index (χ2v) is 10.0. The molecule has 10 nitrogen and oxygen atoms in total. The Morgan fingerprint density at radius 3 is 2.69 bits per heavy atom. The van der Waals surface area contributed by atoms with Crippen molar-refractivity contribution in [3.8, 4) is 11.1 Å². The highest BCUT2D eigenvalue weighted by Gasteiger charge is 2.42. The minimum absolute atomic E-state index is 0.0107. The molecule has 6 rings (SSSR count). The fourth-order valence-electron chi connectivity index (χ4n) is 5.21. The molecule has 0 radical (unpaired) electrons. The van der Waals surface area contributed by atoms with E-state index in [9.17, 15) is 18.7 Å². The van der Waals surface area contributed by atoms with Gasteiger partial charge in [-0.1, -0.05) is 6.07 Å². The number of anilines is 1. The van der Waals surface area contributed by atoms with Gasteiger partial charge in [-0.25, -0.2) is 13.8 Å². The Morgan fingerprint density at radius 1 is 1.21 bits per heavy atom. The number of halogens is 2. The molecule has 1 amide bonds. The van der Waals surface area contributed by atoms with Crippen LogP contribution in [0.5, 0.6) is 0 Å². The minimum Gasteiger partial charge on any atom is -0.388 e. The lowest BCUT2D eigenvalue weighted by atomic mass is 9.90. The molecular weight excluding hydrogens is 510 g/mol. The SMILES string of the molecule is C[C@@]1(O)CCOC[C@H]1N(Cc1ccc(-c2c(F)cncc2F)cn1)C(=O)c1cc2nc(N)c3c(c2[nH]1)COC3. The second-order valence-electron chi connectivity index (χ2n) is 10.0. The molecule has 2 aliphatic heterocycles. The van der Waals surface area contributed by atoms with Crippen LogP contribution in [0.15, 0.2) is 36.8 Å². The summed E-state index contributed by atoms with van der Waals surface area (Å²) in [6, 6.07) is 4.06. The Kier molecular flexibility index (Phi) is 6.25. The first-order valence-electron chi connectivity index (χ1n) is 12.5. The maximum Gasteiger partial charge on any atom is 0.271 e. The van der Waals surface area contributed by atoms with Gasteiger partial charge in [0.15, 0.2) is 11.6 Å². The van der Waals surface area contributed by atoms with Gasteiger partial charge in [0.25, 0.3) is 5.91 Å². The predicted octanol–water partition coefficient (Wildman–Crippen LogP) is 3.09. The molecule has 0 aliphatic carbocycles. The molecule has 4 N–H and O–H groups in total. The highest BCUT2D eigenvalue weighted by molar-refractivity contribution is 5.98. The maximum atomic E-state index is 14.2. The molecule has 1 saturated heterocycles. The van der Waals surface area contributed by atoms with Crippen molar-refractivity contribution in [1.29, 1.82) is 0 Å². The fourth-order valence-corrected chi connectivity index (χ4v) is 5.21. The number of nitrogens with two attached hydrogens (primary N) is 1. The Morgan fingerprint density at radius 2 is 1.97 bits per heavy atom. The molecule has 0 bridgehead atoms. The number of pyridine rings is 3. The lowest BCUT2D eigenvalue weighted by Crippen LogP contribution is -2.58. The molecule has 6 heterocycles. The third-order valence-electron chi connectivity index (χ3n) is 7.42. The number of H-pyrrole nitrogens is 1. The van der Waals surface area contributed by atoms with Gasteiger partial charge in [-0.15, -0.1) is 0 Å². The Hall–Kier alpha value is -4.00. The summed E-state index contributed by atoms with van der Waals surface area (Å²) < 4.78 is 39.6. The molecule has 1 fully saturated rings. The van der Waals surface area contributed by atoms with Crippen molar-refractivity contribution in [2.45, 2.75) is 44.7 Å². The summed E-state index contributed by atoms with van der Waals surface area (Å²) in [5.41, 5.74) is 8.48. The van der Waals surface area contributed by atoms with Crippen LogP contribution in [0.2, 0.25) is 0 Å². The summed E-state index contributed by atoms with van der Waals surface area (Å²) in [6.45, 7) is 2.88. The molecule has 2 atom stereocenters. The van der Waals surface area contributed by atoms with E-state index in [1.807, 2.05) is 0 Å². The molecule has 39 heavy (non-hydrogen) atoms. The van der Waals surface area contributed by atoms with E-state index in [0.29, 0.717) is 48.8 Å². The number of fused-ring (bicyclic) bond motifs is 3. The molecule has 202 valence electrons. The van der Waals surface area contributed by atoms with E-state index in [1.165, 1.54) is 17.2 Å². The number of aromatic nitrogens is 4. The van der Waals surface area contributed by atoms with Crippen LogP contribution in [-0.2, 0) is 29.2 Å². The zero-order chi connectivity index (χ0) is 27.3. The predicted molar refractivity (Wildman–Crippen MR) is 136 cm³/mol. The number of nitrogens with one attached hydrogen (secondary N) is 1. The first kappa shape index (κ1) is 25.3. The summed E-state index contributed by atoms with van der Waals surface area (Å²) in [4.78, 5) is 31.0. The summed E-state index contributed by atoms with van der Waals surface area (Å²) in [5, 5.41) is 11.2. The summed E-state index contributed by atoms with van der Waals surface area (Å²) in [7, 11) is 0. The standard InChI is InChI=1S/C27H26F2N6O4/c1-27(37)4-5-38-13-22(27)35(10-15-3-2-14(7-32-15)23-18(28)8-31-9-19(23)29)26(36)21-6-20-24(33-21)16-11-39-12-17(16)25(30)34-20/h2-3,6-9,22,33,37H,4-5,10-13H2,1H3,(H2,30,34)/t22-,27-/m1/s1. The topological polar surface area (TPSA) is 139 Å². The number of hydrogen-bond acceptors (Lipinski definition) is 8. The van der Waals surface area contributed by atoms with Gasteiger partial charge in [-0.05, 0) is 19.1 Å². The molecule has 0 spiro atoms. The zero-order valence-electron chi connectivity index (χ0n) is 21.1. The Balaban J connectivity index is 1.36. The normalized spacial score (nSPS) is 20.8. The molecule has 2 aliphatic rings. The number of nitrogen functional groups attached to an aromatic ring is 1. The fraction of sp³-hybridized carbons (Fsp3) is 0.333. The highest BCUT2D eigenvalue weighted by atomic mass is 19.1. The van der Waals surface area contributed by atoms with Crippen molar-refractivity contribution >= 4 is 22.8 Å². The number of aromatic amines is 1. The quantitative estimate of drug-likeness (QED) is 0.354. The van der Waals surface area contributed by atoms with E-state index < -0.39 is 29.2 Å². The lowest BCUT2D eigenvalue weighted by Gasteiger charge is -2.43. The highest BCUT2D eigenvalue weighted by Crippen LogP contribution is 2.33. The Labute approximate surface area is 221 Å². The van der Waals surface area contributed by atoms with Crippen LogP contribution in [0, 0.1) is 11.6 Å². The van der Waals surface area contributed by atoms with Crippen LogP contribution in [0.4, 0.5) is 14.6 Å². The first-order chi connectivity index (χ1) is 18.7. The van der Waals surface area contributed by atoms with Crippen molar-refractivity contribution in [3.05, 3.63) is 70.9 Å². The van der Waals surface area contributed by atoms with Gasteiger partial charge in [0, 0.05) is 35.9 Å². The average Bonchev–Trinajstić information content (AvgIpc) is 3.56. The number of carbonyl (C=O) groups is 1. The minimum atomic E-state index is -1.22. The van der Waals surface area contributed by atoms with Crippen LogP contribution in [-0.4, -0.2) is 60.7 Å². The zero-order valence-corrected chi connectivity index (χ0v) is 21.1. The molecule has 4 aromatic heterocycles. The van der Waals surface area contributed by atoms with Crippen molar-refractivity contribution in [2.24, 2.45) is 0 Å². The van der Waals surface area contributed by atoms with Crippen molar-refractivity contribution in [3.63, 3.8) is 0 Å². The van der Waals surface area contributed by atoms with E-state index in [1.54, 1.807) is 19.1 Å². The smallest absolute Gasteiger partial charge is 0.271 e. The van der Waals surface area contributed by atoms with Gasteiger partial charge < -0.3 is 30.2 Å². The van der Waals surface area contributed by atoms with E-state index in [0.717, 1.165) is 23.5 Å². The molecule has 0 unspecified atom stereocenters. The van der Waals surface area contributed by atoms with E-state index in [-0.39, 0.29) is 30.0 Å². The first-order valence-corrected chi connectivity index (χ1v) is 12.5. The largest absolute Gasteiger partial charge is 0.388 e. The number of nitrogens with zero attached hydrogens (tertiary/aromatic N) is 4. The van der Waals surface area contributed by atoms with E-state index >= 15 is 0 Å². The van der Waals surface area contributed by atoms with Crippen LogP contribution in [0.25, 0.3) is 22.2 Å². The molecular formula is C27H26F2N6O4. The second kappa shape index (κ2) is 9.63. The molecule has 4 aromatic rings. The van der Waals surface area contributed by atoms with Crippen LogP contribution in [0.3, 0.4) is 0 Å². The lowest BCUT2D eigenvalue weighted by molar-refractivity contribution is -0.112. The number of ether oxygens (including phenoxy) is 2. The maximum absolute atomic E-state index is 14.2. The van der Waals surface area contributed by atoms with Gasteiger partial charge in [0.05, 0.1) is 72.7 Å². The van der Waals surface area contributed by atoms with Crippen LogP contribution >= 0.6 is 0 Å². The molecule has 0 saturated carbocycles. The molecule has 12 heteroatoms. The Bertz CT molecular complexity index is 1550. The third kappa shape index (κ3) is 4.50. The van der Waals surface area contributed by atoms with Crippen molar-refractivity contribution < 1.29 is 28.2 Å². The summed E-state index contributed by atoms with van der Waals surface area (Å²) in [5.74, 6) is -1.64. The van der Waals surface area contributed by atoms with Crippen molar-refractivity contribution in [1.82, 2.24) is 24.8 Å². The molecule has 0 aromatic carbocycles. The number of hydrogen-bond donors (Lipinski definition) is 3. The average molecular weight is 537 g/mol. The van der Waals surface area contributed by atoms with Crippen molar-refractivity contribution in [2.75, 3.05) is 18.9 Å². The number of aliphatic hydroxyl groups is 1. The van der Waals surface area contributed by atoms with Gasteiger partial charge >= 0.3 is 0 Å².